The van der Waals surface area contributed by atoms with Crippen LogP contribution in [0.1, 0.15) is 30.0 Å². The van der Waals surface area contributed by atoms with E-state index in [0.717, 1.165) is 24.6 Å². The maximum absolute atomic E-state index is 12.0. The van der Waals surface area contributed by atoms with Crippen LogP contribution in [0.25, 0.3) is 0 Å². The van der Waals surface area contributed by atoms with Gasteiger partial charge in [0.2, 0.25) is 0 Å². The molecule has 0 aliphatic rings. The first kappa shape index (κ1) is 14.1. The maximum atomic E-state index is 12.0. The van der Waals surface area contributed by atoms with E-state index in [0.29, 0.717) is 12.1 Å². The van der Waals surface area contributed by atoms with E-state index in [1.807, 2.05) is 24.3 Å². The van der Waals surface area contributed by atoms with Crippen molar-refractivity contribution in [1.82, 2.24) is 15.3 Å². The Kier molecular flexibility index (Phi) is 4.76. The number of benzene rings is 1. The van der Waals surface area contributed by atoms with E-state index >= 15 is 0 Å². The zero-order chi connectivity index (χ0) is 14.4. The SMILES string of the molecule is CCN(CC)c1ccc(C(=O)NCc2ncc[nH]2)cc1. The van der Waals surface area contributed by atoms with Gasteiger partial charge in [0.15, 0.2) is 0 Å². The van der Waals surface area contributed by atoms with Gasteiger partial charge in [0.05, 0.1) is 6.54 Å². The van der Waals surface area contributed by atoms with E-state index in [1.165, 1.54) is 0 Å². The molecule has 5 heteroatoms. The van der Waals surface area contributed by atoms with Crippen molar-refractivity contribution in [3.63, 3.8) is 0 Å². The molecule has 0 bridgehead atoms. The van der Waals surface area contributed by atoms with Gasteiger partial charge in [0.25, 0.3) is 5.91 Å². The number of nitrogens with zero attached hydrogens (tertiary/aromatic N) is 2. The van der Waals surface area contributed by atoms with E-state index < -0.39 is 0 Å². The third kappa shape index (κ3) is 3.38. The van der Waals surface area contributed by atoms with Crippen molar-refractivity contribution >= 4 is 11.6 Å². The standard InChI is InChI=1S/C15H20N4O/c1-3-19(4-2)13-7-5-12(6-8-13)15(20)18-11-14-16-9-10-17-14/h5-10H,3-4,11H2,1-2H3,(H,16,17)(H,18,20). The molecule has 0 saturated carbocycles. The summed E-state index contributed by atoms with van der Waals surface area (Å²) in [4.78, 5) is 21.2. The molecule has 20 heavy (non-hydrogen) atoms. The van der Waals surface area contributed by atoms with Crippen molar-refractivity contribution in [2.75, 3.05) is 18.0 Å². The molecule has 1 aromatic heterocycles. The van der Waals surface area contributed by atoms with Crippen molar-refractivity contribution in [2.24, 2.45) is 0 Å². The van der Waals surface area contributed by atoms with E-state index in [-0.39, 0.29) is 5.91 Å². The number of anilines is 1. The summed E-state index contributed by atoms with van der Waals surface area (Å²) in [5.41, 5.74) is 1.80. The summed E-state index contributed by atoms with van der Waals surface area (Å²) >= 11 is 0. The molecule has 106 valence electrons. The maximum Gasteiger partial charge on any atom is 0.251 e. The fourth-order valence-electron chi connectivity index (χ4n) is 2.07. The fourth-order valence-corrected chi connectivity index (χ4v) is 2.07. The van der Waals surface area contributed by atoms with Crippen LogP contribution in [0.4, 0.5) is 5.69 Å². The van der Waals surface area contributed by atoms with Crippen molar-refractivity contribution in [2.45, 2.75) is 20.4 Å². The fraction of sp³-hybridized carbons (Fsp3) is 0.333. The highest BCUT2D eigenvalue weighted by Gasteiger charge is 2.07. The van der Waals surface area contributed by atoms with Crippen LogP contribution in [-0.2, 0) is 6.54 Å². The van der Waals surface area contributed by atoms with Gasteiger partial charge in [-0.3, -0.25) is 4.79 Å². The van der Waals surface area contributed by atoms with Gasteiger partial charge in [-0.15, -0.1) is 0 Å². The minimum atomic E-state index is -0.0903. The van der Waals surface area contributed by atoms with E-state index in [9.17, 15) is 4.79 Å². The van der Waals surface area contributed by atoms with E-state index in [2.05, 4.69) is 34.0 Å². The van der Waals surface area contributed by atoms with Crippen LogP contribution in [0.15, 0.2) is 36.7 Å². The lowest BCUT2D eigenvalue weighted by Crippen LogP contribution is -2.24. The predicted molar refractivity (Wildman–Crippen MR) is 79.8 cm³/mol. The average Bonchev–Trinajstić information content (AvgIpc) is 3.00. The van der Waals surface area contributed by atoms with Gasteiger partial charge in [0.1, 0.15) is 5.82 Å². The van der Waals surface area contributed by atoms with Crippen molar-refractivity contribution < 1.29 is 4.79 Å². The topological polar surface area (TPSA) is 61.0 Å². The number of carbonyl (C=O) groups is 1. The summed E-state index contributed by atoms with van der Waals surface area (Å²) < 4.78 is 0. The highest BCUT2D eigenvalue weighted by atomic mass is 16.1. The average molecular weight is 272 g/mol. The second-order valence-electron chi connectivity index (χ2n) is 4.44. The molecule has 1 amide bonds. The van der Waals surface area contributed by atoms with Crippen LogP contribution in [0.5, 0.6) is 0 Å². The monoisotopic (exact) mass is 272 g/mol. The molecule has 2 N–H and O–H groups in total. The smallest absolute Gasteiger partial charge is 0.251 e. The lowest BCUT2D eigenvalue weighted by Gasteiger charge is -2.21. The third-order valence-electron chi connectivity index (χ3n) is 3.23. The molecule has 0 aliphatic carbocycles. The number of aromatic amines is 1. The quantitative estimate of drug-likeness (QED) is 0.847. The zero-order valence-electron chi connectivity index (χ0n) is 11.9. The van der Waals surface area contributed by atoms with Crippen LogP contribution in [0, 0.1) is 0 Å². The number of carbonyl (C=O) groups excluding carboxylic acids is 1. The highest BCUT2D eigenvalue weighted by Crippen LogP contribution is 2.14. The molecule has 0 fully saturated rings. The summed E-state index contributed by atoms with van der Waals surface area (Å²) in [6.45, 7) is 6.56. The van der Waals surface area contributed by atoms with Gasteiger partial charge in [0, 0.05) is 36.7 Å². The summed E-state index contributed by atoms with van der Waals surface area (Å²) in [5, 5.41) is 2.83. The number of H-pyrrole nitrogens is 1. The van der Waals surface area contributed by atoms with Gasteiger partial charge >= 0.3 is 0 Å². The number of rotatable bonds is 6. The van der Waals surface area contributed by atoms with Gasteiger partial charge in [-0.25, -0.2) is 4.98 Å². The van der Waals surface area contributed by atoms with Gasteiger partial charge in [-0.05, 0) is 38.1 Å². The molecule has 0 saturated heterocycles. The minimum absolute atomic E-state index is 0.0903. The Labute approximate surface area is 119 Å². The molecule has 0 atom stereocenters. The number of nitrogens with one attached hydrogen (secondary N) is 2. The third-order valence-corrected chi connectivity index (χ3v) is 3.23. The first-order valence-corrected chi connectivity index (χ1v) is 6.86. The Bertz CT molecular complexity index is 530. The molecule has 0 radical (unpaired) electrons. The molecule has 0 unspecified atom stereocenters. The van der Waals surface area contributed by atoms with Crippen molar-refractivity contribution in [3.05, 3.63) is 48.0 Å². The summed E-state index contributed by atoms with van der Waals surface area (Å²) in [6, 6.07) is 7.67. The van der Waals surface area contributed by atoms with Crippen molar-refractivity contribution in [1.29, 1.82) is 0 Å². The van der Waals surface area contributed by atoms with E-state index in [1.54, 1.807) is 12.4 Å². The van der Waals surface area contributed by atoms with Crippen molar-refractivity contribution in [3.8, 4) is 0 Å². The lowest BCUT2D eigenvalue weighted by atomic mass is 10.2. The second kappa shape index (κ2) is 6.75. The molecule has 5 nitrogen and oxygen atoms in total. The van der Waals surface area contributed by atoms with Gasteiger partial charge < -0.3 is 15.2 Å². The second-order valence-corrected chi connectivity index (χ2v) is 4.44. The molecular weight excluding hydrogens is 252 g/mol. The van der Waals surface area contributed by atoms with Gasteiger partial charge in [-0.1, -0.05) is 0 Å². The minimum Gasteiger partial charge on any atom is -0.372 e. The number of hydrogen-bond acceptors (Lipinski definition) is 3. The Hall–Kier alpha value is -2.30. The Morgan fingerprint density at radius 2 is 1.95 bits per heavy atom. The zero-order valence-corrected chi connectivity index (χ0v) is 11.9. The van der Waals surface area contributed by atoms with Crippen LogP contribution in [0.2, 0.25) is 0 Å². The number of amides is 1. The number of aromatic nitrogens is 2. The Morgan fingerprint density at radius 1 is 1.25 bits per heavy atom. The highest BCUT2D eigenvalue weighted by molar-refractivity contribution is 5.94. The van der Waals surface area contributed by atoms with Gasteiger partial charge in [-0.2, -0.15) is 0 Å². The lowest BCUT2D eigenvalue weighted by molar-refractivity contribution is 0.0950. The Balaban J connectivity index is 1.96. The van der Waals surface area contributed by atoms with Crippen LogP contribution in [0.3, 0.4) is 0 Å². The first-order valence-electron chi connectivity index (χ1n) is 6.86. The summed E-state index contributed by atoms with van der Waals surface area (Å²) in [5.74, 6) is 0.658. The molecule has 1 aromatic carbocycles. The normalized spacial score (nSPS) is 10.3. The first-order chi connectivity index (χ1) is 9.74. The molecule has 2 rings (SSSR count). The number of imidazole rings is 1. The number of hydrogen-bond donors (Lipinski definition) is 2. The molecule has 1 heterocycles. The largest absolute Gasteiger partial charge is 0.372 e. The van der Waals surface area contributed by atoms with E-state index in [4.69, 9.17) is 0 Å². The van der Waals surface area contributed by atoms with Crippen LogP contribution >= 0.6 is 0 Å². The summed E-state index contributed by atoms with van der Waals surface area (Å²) in [7, 11) is 0. The van der Waals surface area contributed by atoms with Crippen LogP contribution in [-0.4, -0.2) is 29.0 Å². The van der Waals surface area contributed by atoms with Crippen LogP contribution < -0.4 is 10.2 Å². The molecule has 0 spiro atoms. The molecule has 2 aromatic rings. The molecular formula is C15H20N4O. The Morgan fingerprint density at radius 3 is 2.50 bits per heavy atom. The predicted octanol–water partition coefficient (Wildman–Crippen LogP) is 2.19. The molecule has 0 aliphatic heterocycles. The summed E-state index contributed by atoms with van der Waals surface area (Å²) in [6.07, 6.45) is 3.40.